The molecule has 2 rings (SSSR count). The molecule has 0 radical (unpaired) electrons. The van der Waals surface area contributed by atoms with E-state index < -0.39 is 0 Å². The van der Waals surface area contributed by atoms with Crippen molar-refractivity contribution < 1.29 is 4.74 Å². The van der Waals surface area contributed by atoms with Crippen LogP contribution >= 0.6 is 0 Å². The van der Waals surface area contributed by atoms with E-state index in [9.17, 15) is 0 Å². The van der Waals surface area contributed by atoms with E-state index in [1.54, 1.807) is 7.11 Å². The molecule has 0 aliphatic heterocycles. The summed E-state index contributed by atoms with van der Waals surface area (Å²) in [6, 6.07) is 5.65. The minimum absolute atomic E-state index is 0.420. The van der Waals surface area contributed by atoms with Crippen LogP contribution in [0.25, 0.3) is 11.4 Å². The van der Waals surface area contributed by atoms with Gasteiger partial charge in [-0.3, -0.25) is 0 Å². The Kier molecular flexibility index (Phi) is 3.04. The first-order chi connectivity index (χ1) is 8.13. The fraction of sp³-hybridized carbons (Fsp3) is 0.308. The molecule has 0 amide bonds. The Bertz CT molecular complexity index is 517. The number of para-hydroxylation sites is 1. The number of benzene rings is 1. The third-order valence-corrected chi connectivity index (χ3v) is 2.72. The van der Waals surface area contributed by atoms with E-state index >= 15 is 0 Å². The number of nitrogens with one attached hydrogen (secondary N) is 1. The summed E-state index contributed by atoms with van der Waals surface area (Å²) < 4.78 is 5.32. The SMILES string of the molecule is COc1c(N)cccc1-c1ncc(C(C)C)[nH]1. The molecular weight excluding hydrogens is 214 g/mol. The van der Waals surface area contributed by atoms with Gasteiger partial charge < -0.3 is 15.5 Å². The van der Waals surface area contributed by atoms with Gasteiger partial charge in [-0.15, -0.1) is 0 Å². The van der Waals surface area contributed by atoms with Crippen LogP contribution in [0.1, 0.15) is 25.5 Å². The maximum Gasteiger partial charge on any atom is 0.152 e. The van der Waals surface area contributed by atoms with Gasteiger partial charge in [0.1, 0.15) is 5.82 Å². The predicted octanol–water partition coefficient (Wildman–Crippen LogP) is 2.79. The topological polar surface area (TPSA) is 63.9 Å². The summed E-state index contributed by atoms with van der Waals surface area (Å²) in [5.41, 5.74) is 8.48. The van der Waals surface area contributed by atoms with Crippen molar-refractivity contribution in [3.8, 4) is 17.1 Å². The van der Waals surface area contributed by atoms with Crippen molar-refractivity contribution >= 4 is 5.69 Å². The Hall–Kier alpha value is -1.97. The van der Waals surface area contributed by atoms with Crippen molar-refractivity contribution in [2.45, 2.75) is 19.8 Å². The Balaban J connectivity index is 2.48. The maximum atomic E-state index is 5.87. The van der Waals surface area contributed by atoms with Crippen LogP contribution in [0.3, 0.4) is 0 Å². The van der Waals surface area contributed by atoms with Gasteiger partial charge in [-0.2, -0.15) is 0 Å². The fourth-order valence-electron chi connectivity index (χ4n) is 1.73. The number of aromatic nitrogens is 2. The van der Waals surface area contributed by atoms with Crippen LogP contribution in [-0.4, -0.2) is 17.1 Å². The van der Waals surface area contributed by atoms with E-state index in [4.69, 9.17) is 10.5 Å². The molecule has 90 valence electrons. The summed E-state index contributed by atoms with van der Waals surface area (Å²) >= 11 is 0. The van der Waals surface area contributed by atoms with Gasteiger partial charge in [-0.25, -0.2) is 4.98 Å². The number of hydrogen-bond donors (Lipinski definition) is 2. The molecule has 0 aliphatic carbocycles. The van der Waals surface area contributed by atoms with Crippen molar-refractivity contribution in [2.75, 3.05) is 12.8 Å². The summed E-state index contributed by atoms with van der Waals surface area (Å²) in [7, 11) is 1.61. The maximum absolute atomic E-state index is 5.87. The molecule has 3 N–H and O–H groups in total. The van der Waals surface area contributed by atoms with E-state index in [2.05, 4.69) is 23.8 Å². The summed E-state index contributed by atoms with van der Waals surface area (Å²) in [4.78, 5) is 7.65. The molecule has 0 saturated heterocycles. The van der Waals surface area contributed by atoms with Crippen molar-refractivity contribution in [1.82, 2.24) is 9.97 Å². The summed E-state index contributed by atoms with van der Waals surface area (Å²) in [6.07, 6.45) is 1.85. The van der Waals surface area contributed by atoms with Crippen LogP contribution in [0.4, 0.5) is 5.69 Å². The first-order valence-electron chi connectivity index (χ1n) is 5.61. The number of aromatic amines is 1. The molecule has 17 heavy (non-hydrogen) atoms. The van der Waals surface area contributed by atoms with Crippen LogP contribution in [0.2, 0.25) is 0 Å². The van der Waals surface area contributed by atoms with Gasteiger partial charge in [-0.1, -0.05) is 19.9 Å². The number of nitrogens with two attached hydrogens (primary N) is 1. The Labute approximate surface area is 101 Å². The molecule has 1 heterocycles. The average molecular weight is 231 g/mol. The van der Waals surface area contributed by atoms with Crippen LogP contribution in [0, 0.1) is 0 Å². The highest BCUT2D eigenvalue weighted by molar-refractivity contribution is 5.73. The van der Waals surface area contributed by atoms with Crippen molar-refractivity contribution in [3.05, 3.63) is 30.1 Å². The first-order valence-corrected chi connectivity index (χ1v) is 5.61. The second-order valence-electron chi connectivity index (χ2n) is 4.27. The number of rotatable bonds is 3. The zero-order valence-electron chi connectivity index (χ0n) is 10.3. The largest absolute Gasteiger partial charge is 0.494 e. The zero-order chi connectivity index (χ0) is 12.4. The molecule has 0 saturated carbocycles. The third kappa shape index (κ3) is 2.11. The first kappa shape index (κ1) is 11.5. The minimum Gasteiger partial charge on any atom is -0.494 e. The lowest BCUT2D eigenvalue weighted by molar-refractivity contribution is 0.418. The van der Waals surface area contributed by atoms with Gasteiger partial charge in [0.15, 0.2) is 5.75 Å². The highest BCUT2D eigenvalue weighted by Gasteiger charge is 2.12. The molecule has 0 aliphatic rings. The lowest BCUT2D eigenvalue weighted by Gasteiger charge is -2.08. The molecule has 0 atom stereocenters. The molecule has 1 aromatic heterocycles. The highest BCUT2D eigenvalue weighted by Crippen LogP contribution is 2.33. The predicted molar refractivity (Wildman–Crippen MR) is 69.1 cm³/mol. The Morgan fingerprint density at radius 3 is 2.71 bits per heavy atom. The summed E-state index contributed by atoms with van der Waals surface area (Å²) in [5.74, 6) is 1.87. The van der Waals surface area contributed by atoms with Crippen LogP contribution in [-0.2, 0) is 0 Å². The molecule has 4 heteroatoms. The number of hydrogen-bond acceptors (Lipinski definition) is 3. The number of nitrogen functional groups attached to an aromatic ring is 1. The number of imidazole rings is 1. The van der Waals surface area contributed by atoms with E-state index in [1.165, 1.54) is 0 Å². The van der Waals surface area contributed by atoms with Crippen LogP contribution in [0.5, 0.6) is 5.75 Å². The molecule has 0 bridgehead atoms. The number of anilines is 1. The van der Waals surface area contributed by atoms with Gasteiger partial charge in [0, 0.05) is 11.9 Å². The van der Waals surface area contributed by atoms with E-state index in [0.717, 1.165) is 17.1 Å². The molecule has 1 aromatic carbocycles. The molecule has 0 fully saturated rings. The smallest absolute Gasteiger partial charge is 0.152 e. The average Bonchev–Trinajstić information content (AvgIpc) is 2.77. The van der Waals surface area contributed by atoms with Gasteiger partial charge in [0.05, 0.1) is 18.4 Å². The van der Waals surface area contributed by atoms with Gasteiger partial charge >= 0.3 is 0 Å². The summed E-state index contributed by atoms with van der Waals surface area (Å²) in [5, 5.41) is 0. The van der Waals surface area contributed by atoms with Gasteiger partial charge in [0.2, 0.25) is 0 Å². The van der Waals surface area contributed by atoms with Gasteiger partial charge in [0.25, 0.3) is 0 Å². The second kappa shape index (κ2) is 4.49. The minimum atomic E-state index is 0.420. The Morgan fingerprint density at radius 1 is 1.35 bits per heavy atom. The van der Waals surface area contributed by atoms with Gasteiger partial charge in [-0.05, 0) is 18.1 Å². The standard InChI is InChI=1S/C13H17N3O/c1-8(2)11-7-15-13(16-11)9-5-4-6-10(14)12(9)17-3/h4-8H,14H2,1-3H3,(H,15,16). The molecule has 2 aromatic rings. The van der Waals surface area contributed by atoms with Crippen LogP contribution in [0.15, 0.2) is 24.4 Å². The highest BCUT2D eigenvalue weighted by atomic mass is 16.5. The number of ether oxygens (including phenoxy) is 1. The lowest BCUT2D eigenvalue weighted by Crippen LogP contribution is -1.95. The van der Waals surface area contributed by atoms with Crippen LogP contribution < -0.4 is 10.5 Å². The number of H-pyrrole nitrogens is 1. The van der Waals surface area contributed by atoms with Crippen molar-refractivity contribution in [3.63, 3.8) is 0 Å². The number of methoxy groups -OCH3 is 1. The van der Waals surface area contributed by atoms with E-state index in [0.29, 0.717) is 17.4 Å². The quantitative estimate of drug-likeness (QED) is 0.798. The van der Waals surface area contributed by atoms with E-state index in [-0.39, 0.29) is 0 Å². The molecule has 0 spiro atoms. The Morgan fingerprint density at radius 2 is 2.12 bits per heavy atom. The monoisotopic (exact) mass is 231 g/mol. The fourth-order valence-corrected chi connectivity index (χ4v) is 1.73. The summed E-state index contributed by atoms with van der Waals surface area (Å²) in [6.45, 7) is 4.24. The molecule has 0 unspecified atom stereocenters. The molecule has 4 nitrogen and oxygen atoms in total. The van der Waals surface area contributed by atoms with E-state index in [1.807, 2.05) is 24.4 Å². The second-order valence-corrected chi connectivity index (χ2v) is 4.27. The normalized spacial score (nSPS) is 10.8. The lowest BCUT2D eigenvalue weighted by atomic mass is 10.1. The molecular formula is C13H17N3O. The number of nitrogens with zero attached hydrogens (tertiary/aromatic N) is 1. The van der Waals surface area contributed by atoms with Crippen molar-refractivity contribution in [2.24, 2.45) is 0 Å². The van der Waals surface area contributed by atoms with Crippen molar-refractivity contribution in [1.29, 1.82) is 0 Å². The zero-order valence-corrected chi connectivity index (χ0v) is 10.3. The third-order valence-electron chi connectivity index (χ3n) is 2.72.